The molecule has 152 valence electrons. The van der Waals surface area contributed by atoms with Crippen LogP contribution in [-0.4, -0.2) is 24.9 Å². The molecule has 0 nitrogen and oxygen atoms in total. The van der Waals surface area contributed by atoms with Gasteiger partial charge in [0.15, 0.2) is 6.43 Å². The zero-order chi connectivity index (χ0) is 20.6. The molecule has 0 saturated carbocycles. The Balaban J connectivity index is 1.77. The number of hydrogen-bond acceptors (Lipinski definition) is 0. The maximum Gasteiger partial charge on any atom is 0.197 e. The van der Waals surface area contributed by atoms with Crippen LogP contribution in [0.15, 0.2) is 83.9 Å². The Kier molecular flexibility index (Phi) is 8.77. The molecule has 0 bridgehead atoms. The van der Waals surface area contributed by atoms with Crippen LogP contribution in [0.25, 0.3) is 0 Å². The van der Waals surface area contributed by atoms with Crippen molar-refractivity contribution in [3.8, 4) is 0 Å². The fraction of sp³-hybridized carbons (Fsp3) is 0.385. The highest BCUT2D eigenvalue weighted by Gasteiger charge is 2.26. The first kappa shape index (κ1) is 22.5. The summed E-state index contributed by atoms with van der Waals surface area (Å²) in [7, 11) is -0.164. The van der Waals surface area contributed by atoms with Crippen molar-refractivity contribution in [1.82, 2.24) is 0 Å². The summed E-state index contributed by atoms with van der Waals surface area (Å²) in [5.41, 5.74) is 3.39. The molecule has 3 rings (SSSR count). The second-order valence-electron chi connectivity index (χ2n) is 8.15. The lowest BCUT2D eigenvalue weighted by atomic mass is 9.67. The summed E-state index contributed by atoms with van der Waals surface area (Å²) in [6, 6.07) is 22.3. The van der Waals surface area contributed by atoms with Crippen LogP contribution in [0.5, 0.6) is 0 Å². The van der Waals surface area contributed by atoms with Gasteiger partial charge < -0.3 is 0 Å². The van der Waals surface area contributed by atoms with E-state index in [-0.39, 0.29) is 15.7 Å². The highest BCUT2D eigenvalue weighted by atomic mass is 31.1. The lowest BCUT2D eigenvalue weighted by molar-refractivity contribution is 0.658. The molecular formula is C26H35BP2. The van der Waals surface area contributed by atoms with Crippen LogP contribution in [0.3, 0.4) is 0 Å². The largest absolute Gasteiger partial charge is 0.197 e. The second-order valence-corrected chi connectivity index (χ2v) is 13.6. The van der Waals surface area contributed by atoms with Crippen LogP contribution in [0.4, 0.5) is 0 Å². The van der Waals surface area contributed by atoms with Gasteiger partial charge in [0.1, 0.15) is 0 Å². The maximum atomic E-state index is 2.49. The molecule has 0 amide bonds. The van der Waals surface area contributed by atoms with Gasteiger partial charge in [-0.25, -0.2) is 0 Å². The van der Waals surface area contributed by atoms with E-state index < -0.39 is 0 Å². The van der Waals surface area contributed by atoms with E-state index in [1.165, 1.54) is 41.9 Å². The Morgan fingerprint density at radius 3 is 1.97 bits per heavy atom. The average molecular weight is 420 g/mol. The molecule has 0 spiro atoms. The first-order chi connectivity index (χ1) is 14.1. The monoisotopic (exact) mass is 420 g/mol. The lowest BCUT2D eigenvalue weighted by Crippen LogP contribution is -2.18. The Hall–Kier alpha value is -1.16. The van der Waals surface area contributed by atoms with Crippen molar-refractivity contribution in [3.05, 3.63) is 83.9 Å². The minimum Gasteiger partial charge on any atom is -0.136 e. The Morgan fingerprint density at radius 2 is 1.45 bits per heavy atom. The van der Waals surface area contributed by atoms with Crippen molar-refractivity contribution in [2.75, 3.05) is 18.5 Å². The Labute approximate surface area is 181 Å². The Morgan fingerprint density at radius 1 is 0.897 bits per heavy atom. The molecule has 0 aromatic heterocycles. The summed E-state index contributed by atoms with van der Waals surface area (Å²) in [5.74, 6) is 0.691. The molecule has 3 heteroatoms. The summed E-state index contributed by atoms with van der Waals surface area (Å²) in [6.45, 7) is 9.71. The van der Waals surface area contributed by atoms with Crippen LogP contribution >= 0.6 is 15.7 Å². The maximum absolute atomic E-state index is 2.49. The van der Waals surface area contributed by atoms with Crippen molar-refractivity contribution in [3.63, 3.8) is 0 Å². The molecule has 0 fully saturated rings. The topological polar surface area (TPSA) is 0 Å². The van der Waals surface area contributed by atoms with Crippen LogP contribution in [0.2, 0.25) is 6.82 Å². The van der Waals surface area contributed by atoms with Crippen molar-refractivity contribution in [2.45, 2.75) is 40.4 Å². The highest BCUT2D eigenvalue weighted by Crippen LogP contribution is 2.45. The lowest BCUT2D eigenvalue weighted by Gasteiger charge is -2.25. The standard InChI is InChI=1S/C26H35BP2/c1-5-28(6-2)27(4)26-19-13-14-23(26)20-22(3)21-29(24-15-9-7-10-16-24)25-17-11-8-12-18-25/h7-18,22H,5-6,19-21H2,1-4H3. The van der Waals surface area contributed by atoms with Gasteiger partial charge in [-0.15, -0.1) is 7.80 Å². The fourth-order valence-corrected chi connectivity index (χ4v) is 9.31. The predicted octanol–water partition coefficient (Wildman–Crippen LogP) is 7.08. The van der Waals surface area contributed by atoms with Gasteiger partial charge in [0.05, 0.1) is 0 Å². The van der Waals surface area contributed by atoms with Gasteiger partial charge in [-0.2, -0.15) is 0 Å². The van der Waals surface area contributed by atoms with Crippen LogP contribution < -0.4 is 10.6 Å². The van der Waals surface area contributed by atoms with E-state index in [9.17, 15) is 0 Å². The van der Waals surface area contributed by atoms with Gasteiger partial charge in [0, 0.05) is 0 Å². The summed E-state index contributed by atoms with van der Waals surface area (Å²) in [4.78, 5) is 0. The normalized spacial score (nSPS) is 14.8. The molecule has 0 saturated heterocycles. The van der Waals surface area contributed by atoms with Crippen molar-refractivity contribution in [2.24, 2.45) is 5.92 Å². The van der Waals surface area contributed by atoms with E-state index in [0.717, 1.165) is 6.43 Å². The third-order valence-electron chi connectivity index (χ3n) is 6.13. The minimum atomic E-state index is -0.301. The Bertz CT molecular complexity index is 770. The molecule has 0 heterocycles. The second kappa shape index (κ2) is 11.3. The molecule has 29 heavy (non-hydrogen) atoms. The molecule has 0 aliphatic heterocycles. The first-order valence-corrected chi connectivity index (χ1v) is 14.4. The van der Waals surface area contributed by atoms with Gasteiger partial charge in [-0.05, 0) is 55.8 Å². The fourth-order valence-electron chi connectivity index (χ4n) is 4.52. The zero-order valence-corrected chi connectivity index (χ0v) is 20.3. The van der Waals surface area contributed by atoms with Gasteiger partial charge in [-0.1, -0.05) is 111 Å². The van der Waals surface area contributed by atoms with E-state index in [0.29, 0.717) is 5.92 Å². The van der Waals surface area contributed by atoms with Crippen molar-refractivity contribution >= 4 is 32.8 Å². The summed E-state index contributed by atoms with van der Waals surface area (Å²) in [6.07, 6.45) is 12.0. The number of allylic oxidation sites excluding steroid dienone is 4. The summed E-state index contributed by atoms with van der Waals surface area (Å²) in [5, 5.41) is 3.01. The molecule has 0 radical (unpaired) electrons. The summed E-state index contributed by atoms with van der Waals surface area (Å²) < 4.78 is 0. The molecule has 2 aromatic rings. The van der Waals surface area contributed by atoms with Crippen molar-refractivity contribution < 1.29 is 0 Å². The molecular weight excluding hydrogens is 385 g/mol. The molecule has 2 aromatic carbocycles. The molecule has 0 N–H and O–H groups in total. The van der Waals surface area contributed by atoms with E-state index in [1.807, 2.05) is 0 Å². The third kappa shape index (κ3) is 5.93. The highest BCUT2D eigenvalue weighted by molar-refractivity contribution is 7.91. The van der Waals surface area contributed by atoms with E-state index >= 15 is 0 Å². The quantitative estimate of drug-likeness (QED) is 0.285. The SMILES string of the molecule is CCP(CC)B(C)C1=C(CC(C)CP(c2ccccc2)c2ccccc2)C=CC1. The number of rotatable bonds is 10. The van der Waals surface area contributed by atoms with Gasteiger partial charge in [-0.3, -0.25) is 0 Å². The van der Waals surface area contributed by atoms with E-state index in [1.54, 1.807) is 11.0 Å². The third-order valence-corrected chi connectivity index (χ3v) is 12.0. The van der Waals surface area contributed by atoms with E-state index in [2.05, 4.69) is 100 Å². The molecule has 1 unspecified atom stereocenters. The molecule has 1 aliphatic rings. The van der Waals surface area contributed by atoms with E-state index in [4.69, 9.17) is 0 Å². The zero-order valence-electron chi connectivity index (χ0n) is 18.5. The van der Waals surface area contributed by atoms with Crippen LogP contribution in [0.1, 0.15) is 33.6 Å². The minimum absolute atomic E-state index is 0.137. The number of hydrogen-bond donors (Lipinski definition) is 0. The summed E-state index contributed by atoms with van der Waals surface area (Å²) >= 11 is 0. The predicted molar refractivity (Wildman–Crippen MR) is 138 cm³/mol. The van der Waals surface area contributed by atoms with Gasteiger partial charge in [0.25, 0.3) is 0 Å². The van der Waals surface area contributed by atoms with Crippen LogP contribution in [0, 0.1) is 5.92 Å². The molecule has 1 atom stereocenters. The van der Waals surface area contributed by atoms with Gasteiger partial charge in [0.2, 0.25) is 0 Å². The first-order valence-electron chi connectivity index (χ1n) is 11.1. The smallest absolute Gasteiger partial charge is 0.136 e. The van der Waals surface area contributed by atoms with Gasteiger partial charge >= 0.3 is 0 Å². The number of benzene rings is 2. The van der Waals surface area contributed by atoms with Crippen molar-refractivity contribution in [1.29, 1.82) is 0 Å². The average Bonchev–Trinajstić information content (AvgIpc) is 3.22. The molecule has 1 aliphatic carbocycles. The van der Waals surface area contributed by atoms with Crippen LogP contribution in [-0.2, 0) is 0 Å².